The van der Waals surface area contributed by atoms with E-state index in [1.807, 2.05) is 30.3 Å². The molecule has 2 N–H and O–H groups in total. The van der Waals surface area contributed by atoms with Crippen molar-refractivity contribution >= 4 is 12.1 Å². The third kappa shape index (κ3) is 6.55. The summed E-state index contributed by atoms with van der Waals surface area (Å²) >= 11 is 0. The van der Waals surface area contributed by atoms with Crippen LogP contribution in [0.25, 0.3) is 0 Å². The second-order valence-electron chi connectivity index (χ2n) is 7.13. The zero-order valence-corrected chi connectivity index (χ0v) is 16.0. The van der Waals surface area contributed by atoms with Crippen LogP contribution in [0.2, 0.25) is 0 Å². The molecule has 0 aliphatic rings. The number of carboxylic acid groups (broad SMARTS) is 2. The molecule has 28 heavy (non-hydrogen) atoms. The number of amides is 1. The highest BCUT2D eigenvalue weighted by molar-refractivity contribution is 5.78. The molecule has 1 aromatic carbocycles. The summed E-state index contributed by atoms with van der Waals surface area (Å²) in [6.07, 6.45) is -0.144. The Kier molecular flexibility index (Phi) is 6.94. The maximum Gasteiger partial charge on any atom is 0.432 e. The molecular weight excluding hydrogens is 364 g/mol. The predicted molar refractivity (Wildman–Crippen MR) is 101 cm³/mol. The zero-order chi connectivity index (χ0) is 20.7. The number of carboxylic acids is 1. The van der Waals surface area contributed by atoms with Crippen molar-refractivity contribution in [3.8, 4) is 5.75 Å². The van der Waals surface area contributed by atoms with Gasteiger partial charge < -0.3 is 14.9 Å². The molecule has 150 valence electrons. The normalized spacial score (nSPS) is 12.2. The van der Waals surface area contributed by atoms with E-state index in [4.69, 9.17) is 9.57 Å². The van der Waals surface area contributed by atoms with E-state index in [1.54, 1.807) is 32.9 Å². The van der Waals surface area contributed by atoms with Crippen molar-refractivity contribution in [3.05, 3.63) is 59.9 Å². The molecule has 0 saturated heterocycles. The number of ether oxygens (including phenoxy) is 1. The lowest BCUT2D eigenvalue weighted by molar-refractivity contribution is -0.226. The number of aliphatic carboxylic acids is 1. The van der Waals surface area contributed by atoms with E-state index in [0.717, 1.165) is 5.56 Å². The lowest BCUT2D eigenvalue weighted by Crippen LogP contribution is -2.49. The third-order valence-corrected chi connectivity index (χ3v) is 3.58. The summed E-state index contributed by atoms with van der Waals surface area (Å²) in [5, 5.41) is 19.3. The SMILES string of the molecule is CC(C)(C)ON(C(=O)O)C(Cc1ccc(OCc2ccccc2)cn1)C(=O)O. The van der Waals surface area contributed by atoms with Gasteiger partial charge in [0.2, 0.25) is 0 Å². The number of hydrogen-bond donors (Lipinski definition) is 2. The topological polar surface area (TPSA) is 109 Å². The van der Waals surface area contributed by atoms with Crippen molar-refractivity contribution in [1.29, 1.82) is 0 Å². The highest BCUT2D eigenvalue weighted by Crippen LogP contribution is 2.18. The molecule has 1 aromatic heterocycles. The number of pyridine rings is 1. The Hall–Kier alpha value is -3.13. The van der Waals surface area contributed by atoms with Crippen molar-refractivity contribution < 1.29 is 29.4 Å². The molecule has 0 fully saturated rings. The highest BCUT2D eigenvalue weighted by atomic mass is 16.7. The predicted octanol–water partition coefficient (Wildman–Crippen LogP) is 3.37. The van der Waals surface area contributed by atoms with E-state index in [0.29, 0.717) is 23.1 Å². The second-order valence-corrected chi connectivity index (χ2v) is 7.13. The average molecular weight is 388 g/mol. The fraction of sp³-hybridized carbons (Fsp3) is 0.350. The Bertz CT molecular complexity index is 787. The summed E-state index contributed by atoms with van der Waals surface area (Å²) < 4.78 is 5.64. The van der Waals surface area contributed by atoms with Gasteiger partial charge in [-0.3, -0.25) is 9.82 Å². The molecule has 1 atom stereocenters. The number of hydrogen-bond acceptors (Lipinski definition) is 5. The van der Waals surface area contributed by atoms with Gasteiger partial charge in [-0.05, 0) is 38.5 Å². The van der Waals surface area contributed by atoms with E-state index in [-0.39, 0.29) is 6.42 Å². The Morgan fingerprint density at radius 3 is 2.29 bits per heavy atom. The van der Waals surface area contributed by atoms with Crippen LogP contribution in [0, 0.1) is 0 Å². The van der Waals surface area contributed by atoms with Gasteiger partial charge in [-0.15, -0.1) is 0 Å². The fourth-order valence-electron chi connectivity index (χ4n) is 2.36. The molecule has 0 radical (unpaired) electrons. The zero-order valence-electron chi connectivity index (χ0n) is 16.0. The maximum atomic E-state index is 11.6. The molecule has 1 unspecified atom stereocenters. The van der Waals surface area contributed by atoms with Gasteiger partial charge in [-0.25, -0.2) is 9.59 Å². The van der Waals surface area contributed by atoms with E-state index in [2.05, 4.69) is 4.98 Å². The first-order valence-electron chi connectivity index (χ1n) is 8.71. The first-order valence-corrected chi connectivity index (χ1v) is 8.71. The smallest absolute Gasteiger partial charge is 0.432 e. The molecule has 1 heterocycles. The van der Waals surface area contributed by atoms with Gasteiger partial charge in [-0.1, -0.05) is 30.3 Å². The Morgan fingerprint density at radius 2 is 1.79 bits per heavy atom. The van der Waals surface area contributed by atoms with Gasteiger partial charge >= 0.3 is 12.1 Å². The van der Waals surface area contributed by atoms with Gasteiger partial charge in [0.05, 0.1) is 11.8 Å². The van der Waals surface area contributed by atoms with Crippen LogP contribution in [0.3, 0.4) is 0 Å². The van der Waals surface area contributed by atoms with Crippen LogP contribution in [-0.2, 0) is 22.7 Å². The van der Waals surface area contributed by atoms with Gasteiger partial charge in [0.1, 0.15) is 12.4 Å². The number of nitrogens with zero attached hydrogens (tertiary/aromatic N) is 2. The van der Waals surface area contributed by atoms with Crippen molar-refractivity contribution in [2.45, 2.75) is 45.4 Å². The molecule has 1 amide bonds. The summed E-state index contributed by atoms with van der Waals surface area (Å²) in [5.74, 6) is -0.793. The van der Waals surface area contributed by atoms with Crippen LogP contribution >= 0.6 is 0 Å². The number of rotatable bonds is 8. The van der Waals surface area contributed by atoms with Gasteiger partial charge in [0.25, 0.3) is 0 Å². The minimum absolute atomic E-state index is 0.142. The summed E-state index contributed by atoms with van der Waals surface area (Å²) in [4.78, 5) is 32.6. The van der Waals surface area contributed by atoms with Gasteiger partial charge in [0, 0.05) is 12.1 Å². The molecular formula is C20H24N2O6. The van der Waals surface area contributed by atoms with Gasteiger partial charge in [-0.2, -0.15) is 5.06 Å². The number of hydroxylamine groups is 2. The Balaban J connectivity index is 2.06. The Morgan fingerprint density at radius 1 is 1.11 bits per heavy atom. The van der Waals surface area contributed by atoms with E-state index in [9.17, 15) is 19.8 Å². The highest BCUT2D eigenvalue weighted by Gasteiger charge is 2.34. The standard InChI is InChI=1S/C20H24N2O6/c1-20(2,3)28-22(19(25)26)17(18(23)24)11-15-9-10-16(12-21-15)27-13-14-7-5-4-6-8-14/h4-10,12,17H,11,13H2,1-3H3,(H,23,24)(H,25,26). The molecule has 0 aliphatic heterocycles. The Labute approximate surface area is 163 Å². The molecule has 8 nitrogen and oxygen atoms in total. The quantitative estimate of drug-likeness (QED) is 0.667. The molecule has 0 saturated carbocycles. The molecule has 2 aromatic rings. The van der Waals surface area contributed by atoms with Crippen molar-refractivity contribution in [1.82, 2.24) is 10.0 Å². The molecule has 0 aliphatic carbocycles. The summed E-state index contributed by atoms with van der Waals surface area (Å²) in [7, 11) is 0. The summed E-state index contributed by atoms with van der Waals surface area (Å²) in [6.45, 7) is 5.29. The van der Waals surface area contributed by atoms with E-state index < -0.39 is 23.7 Å². The van der Waals surface area contributed by atoms with Crippen LogP contribution in [0.4, 0.5) is 4.79 Å². The minimum Gasteiger partial charge on any atom is -0.487 e. The fourth-order valence-corrected chi connectivity index (χ4v) is 2.36. The molecule has 0 bridgehead atoms. The van der Waals surface area contributed by atoms with Crippen molar-refractivity contribution in [2.24, 2.45) is 0 Å². The maximum absolute atomic E-state index is 11.6. The number of benzene rings is 1. The molecule has 0 spiro atoms. The first-order chi connectivity index (χ1) is 13.2. The van der Waals surface area contributed by atoms with Crippen LogP contribution in [0.15, 0.2) is 48.7 Å². The van der Waals surface area contributed by atoms with Gasteiger partial charge in [0.15, 0.2) is 6.04 Å². The van der Waals surface area contributed by atoms with Crippen LogP contribution in [0.1, 0.15) is 32.0 Å². The van der Waals surface area contributed by atoms with Crippen LogP contribution < -0.4 is 4.74 Å². The number of aromatic nitrogens is 1. The second kappa shape index (κ2) is 9.18. The number of carbonyl (C=O) groups is 2. The van der Waals surface area contributed by atoms with Crippen molar-refractivity contribution in [3.63, 3.8) is 0 Å². The summed E-state index contributed by atoms with van der Waals surface area (Å²) in [5.41, 5.74) is 0.548. The molecule has 8 heteroatoms. The van der Waals surface area contributed by atoms with E-state index >= 15 is 0 Å². The third-order valence-electron chi connectivity index (χ3n) is 3.58. The first kappa shape index (κ1) is 21.2. The largest absolute Gasteiger partial charge is 0.487 e. The lowest BCUT2D eigenvalue weighted by Gasteiger charge is -2.31. The van der Waals surface area contributed by atoms with E-state index in [1.165, 1.54) is 6.20 Å². The monoisotopic (exact) mass is 388 g/mol. The summed E-state index contributed by atoms with van der Waals surface area (Å²) in [6, 6.07) is 11.5. The minimum atomic E-state index is -1.48. The van der Waals surface area contributed by atoms with Crippen molar-refractivity contribution in [2.75, 3.05) is 0 Å². The van der Waals surface area contributed by atoms with Crippen LogP contribution in [-0.4, -0.2) is 44.0 Å². The average Bonchev–Trinajstić information content (AvgIpc) is 2.63. The van der Waals surface area contributed by atoms with Crippen LogP contribution in [0.5, 0.6) is 5.75 Å². The lowest BCUT2D eigenvalue weighted by atomic mass is 10.1. The molecule has 2 rings (SSSR count).